The van der Waals surface area contributed by atoms with Crippen molar-refractivity contribution in [3.63, 3.8) is 0 Å². The quantitative estimate of drug-likeness (QED) is 0.0460. The number of rotatable bonds is 50. The van der Waals surface area contributed by atoms with Crippen LogP contribution in [0.3, 0.4) is 0 Å². The molecule has 0 heterocycles. The maximum atomic E-state index is 12.5. The zero-order chi connectivity index (χ0) is 42.3. The van der Waals surface area contributed by atoms with Gasteiger partial charge in [0.05, 0.1) is 18.8 Å². The SMILES string of the molecule is CCCCCCCCCCCCCCCCCCCCCCCCCCCCCCCCCC(=O)NC(CO)C(O)C(O)CCCCCCCCCCCCCCC. The smallest absolute Gasteiger partial charge is 0.220 e. The molecule has 4 N–H and O–H groups in total. The Balaban J connectivity index is 3.44. The molecule has 0 spiro atoms. The fourth-order valence-corrected chi connectivity index (χ4v) is 8.81. The molecule has 1 amide bonds. The highest BCUT2D eigenvalue weighted by atomic mass is 16.3. The summed E-state index contributed by atoms with van der Waals surface area (Å²) < 4.78 is 0. The number of hydrogen-bond acceptors (Lipinski definition) is 4. The third-order valence-corrected chi connectivity index (χ3v) is 13.0. The molecule has 0 aliphatic carbocycles. The first-order chi connectivity index (χ1) is 28.6. The number of amides is 1. The number of aliphatic hydroxyl groups excluding tert-OH is 3. The molecule has 0 radical (unpaired) electrons. The standard InChI is InChI=1S/C53H107NO4/c1-3-5-7-9-11-13-15-17-18-19-20-21-22-23-24-25-26-27-28-29-30-31-32-33-34-36-38-40-42-44-46-48-52(57)54-50(49-55)53(58)51(56)47-45-43-41-39-37-35-16-14-12-10-8-6-4-2/h50-51,53,55-56,58H,3-49H2,1-2H3,(H,54,57). The number of nitrogens with one attached hydrogen (secondary N) is 1. The Hall–Kier alpha value is -0.650. The third kappa shape index (κ3) is 43.4. The van der Waals surface area contributed by atoms with E-state index in [9.17, 15) is 20.1 Å². The van der Waals surface area contributed by atoms with Gasteiger partial charge >= 0.3 is 0 Å². The molecule has 0 aromatic carbocycles. The summed E-state index contributed by atoms with van der Waals surface area (Å²) >= 11 is 0. The zero-order valence-corrected chi connectivity index (χ0v) is 39.7. The lowest BCUT2D eigenvalue weighted by molar-refractivity contribution is -0.124. The summed E-state index contributed by atoms with van der Waals surface area (Å²) in [6, 6.07) is -0.803. The lowest BCUT2D eigenvalue weighted by atomic mass is 9.99. The summed E-state index contributed by atoms with van der Waals surface area (Å²) in [6.45, 7) is 4.21. The van der Waals surface area contributed by atoms with Crippen molar-refractivity contribution in [2.45, 2.75) is 327 Å². The summed E-state index contributed by atoms with van der Waals surface area (Å²) in [5.74, 6) is -0.137. The van der Waals surface area contributed by atoms with E-state index in [4.69, 9.17) is 0 Å². The molecule has 58 heavy (non-hydrogen) atoms. The van der Waals surface area contributed by atoms with E-state index in [2.05, 4.69) is 19.2 Å². The van der Waals surface area contributed by atoms with E-state index in [-0.39, 0.29) is 12.5 Å². The molecule has 5 heteroatoms. The summed E-state index contributed by atoms with van der Waals surface area (Å²) in [7, 11) is 0. The fourth-order valence-electron chi connectivity index (χ4n) is 8.81. The minimum Gasteiger partial charge on any atom is -0.394 e. The van der Waals surface area contributed by atoms with Crippen molar-refractivity contribution in [3.8, 4) is 0 Å². The lowest BCUT2D eigenvalue weighted by Gasteiger charge is -2.26. The Morgan fingerprint density at radius 3 is 0.828 bits per heavy atom. The molecule has 3 unspecified atom stereocenters. The molecule has 0 bridgehead atoms. The summed E-state index contributed by atoms with van der Waals surface area (Å²) in [6.07, 6.45) is 58.3. The van der Waals surface area contributed by atoms with Crippen molar-refractivity contribution < 1.29 is 20.1 Å². The monoisotopic (exact) mass is 822 g/mol. The van der Waals surface area contributed by atoms with Crippen LogP contribution in [0.4, 0.5) is 0 Å². The van der Waals surface area contributed by atoms with Crippen LogP contribution >= 0.6 is 0 Å². The molecular formula is C53H107NO4. The number of unbranched alkanes of at least 4 members (excludes halogenated alkanes) is 42. The van der Waals surface area contributed by atoms with E-state index in [1.54, 1.807) is 0 Å². The van der Waals surface area contributed by atoms with Gasteiger partial charge in [-0.2, -0.15) is 0 Å². The molecule has 0 fully saturated rings. The highest BCUT2D eigenvalue weighted by molar-refractivity contribution is 5.76. The minimum atomic E-state index is -1.13. The van der Waals surface area contributed by atoms with Crippen LogP contribution in [0.2, 0.25) is 0 Å². The van der Waals surface area contributed by atoms with Gasteiger partial charge in [0.1, 0.15) is 6.10 Å². The second kappa shape index (κ2) is 49.0. The molecule has 0 saturated heterocycles. The summed E-state index contributed by atoms with van der Waals surface area (Å²) in [5, 5.41) is 33.6. The topological polar surface area (TPSA) is 89.8 Å². The van der Waals surface area contributed by atoms with E-state index in [1.165, 1.54) is 250 Å². The highest BCUT2D eigenvalue weighted by Crippen LogP contribution is 2.18. The Labute approximate surface area is 364 Å². The summed E-state index contributed by atoms with van der Waals surface area (Å²) in [4.78, 5) is 12.5. The second-order valence-electron chi connectivity index (χ2n) is 18.8. The molecular weight excluding hydrogens is 715 g/mol. The molecule has 0 aromatic rings. The molecule has 348 valence electrons. The number of hydrogen-bond donors (Lipinski definition) is 4. The van der Waals surface area contributed by atoms with Crippen LogP contribution in [-0.2, 0) is 4.79 Å². The average molecular weight is 822 g/mol. The molecule has 3 atom stereocenters. The van der Waals surface area contributed by atoms with Crippen LogP contribution in [0, 0.1) is 0 Å². The van der Waals surface area contributed by atoms with Gasteiger partial charge in [0.25, 0.3) is 0 Å². The van der Waals surface area contributed by atoms with Crippen molar-refractivity contribution in [1.29, 1.82) is 0 Å². The van der Waals surface area contributed by atoms with E-state index < -0.39 is 18.2 Å². The van der Waals surface area contributed by atoms with Gasteiger partial charge in [-0.3, -0.25) is 4.79 Å². The van der Waals surface area contributed by atoms with Crippen molar-refractivity contribution in [2.75, 3.05) is 6.61 Å². The van der Waals surface area contributed by atoms with Gasteiger partial charge < -0.3 is 20.6 Å². The largest absolute Gasteiger partial charge is 0.394 e. The van der Waals surface area contributed by atoms with Crippen molar-refractivity contribution >= 4 is 5.91 Å². The number of carbonyl (C=O) groups is 1. The Morgan fingerprint density at radius 1 is 0.362 bits per heavy atom. The van der Waals surface area contributed by atoms with Gasteiger partial charge in [-0.1, -0.05) is 290 Å². The maximum absolute atomic E-state index is 12.5. The van der Waals surface area contributed by atoms with Crippen LogP contribution in [0.25, 0.3) is 0 Å². The number of aliphatic hydroxyl groups is 3. The van der Waals surface area contributed by atoms with E-state index in [1.807, 2.05) is 0 Å². The van der Waals surface area contributed by atoms with E-state index >= 15 is 0 Å². The maximum Gasteiger partial charge on any atom is 0.220 e. The molecule has 0 saturated carbocycles. The lowest BCUT2D eigenvalue weighted by Crippen LogP contribution is -2.50. The fraction of sp³-hybridized carbons (Fsp3) is 0.981. The van der Waals surface area contributed by atoms with Crippen LogP contribution in [0.5, 0.6) is 0 Å². The van der Waals surface area contributed by atoms with Crippen molar-refractivity contribution in [2.24, 2.45) is 0 Å². The zero-order valence-electron chi connectivity index (χ0n) is 39.7. The van der Waals surface area contributed by atoms with E-state index in [0.717, 1.165) is 32.1 Å². The van der Waals surface area contributed by atoms with Gasteiger partial charge in [-0.25, -0.2) is 0 Å². The molecule has 5 nitrogen and oxygen atoms in total. The van der Waals surface area contributed by atoms with Gasteiger partial charge in [0, 0.05) is 6.42 Å². The van der Waals surface area contributed by atoms with Crippen LogP contribution in [-0.4, -0.2) is 46.1 Å². The van der Waals surface area contributed by atoms with E-state index in [0.29, 0.717) is 12.8 Å². The Bertz CT molecular complexity index is 777. The highest BCUT2D eigenvalue weighted by Gasteiger charge is 2.26. The Morgan fingerprint density at radius 2 is 0.586 bits per heavy atom. The Kier molecular flexibility index (Phi) is 48.5. The van der Waals surface area contributed by atoms with Gasteiger partial charge in [0.15, 0.2) is 0 Å². The molecule has 0 aliphatic rings. The average Bonchev–Trinajstić information content (AvgIpc) is 3.23. The van der Waals surface area contributed by atoms with Crippen molar-refractivity contribution in [1.82, 2.24) is 5.32 Å². The minimum absolute atomic E-state index is 0.137. The predicted octanol–water partition coefficient (Wildman–Crippen LogP) is 16.2. The molecule has 0 rings (SSSR count). The van der Waals surface area contributed by atoms with Crippen LogP contribution in [0.15, 0.2) is 0 Å². The first-order valence-electron chi connectivity index (χ1n) is 26.8. The van der Waals surface area contributed by atoms with Crippen molar-refractivity contribution in [3.05, 3.63) is 0 Å². The van der Waals surface area contributed by atoms with Crippen LogP contribution in [0.1, 0.15) is 309 Å². The van der Waals surface area contributed by atoms with Gasteiger partial charge in [-0.15, -0.1) is 0 Å². The number of carbonyl (C=O) groups excluding carboxylic acids is 1. The normalized spacial score (nSPS) is 13.3. The first kappa shape index (κ1) is 57.3. The van der Waals surface area contributed by atoms with Gasteiger partial charge in [0.2, 0.25) is 5.91 Å². The molecule has 0 aromatic heterocycles. The van der Waals surface area contributed by atoms with Crippen LogP contribution < -0.4 is 5.32 Å². The molecule has 0 aliphatic heterocycles. The second-order valence-corrected chi connectivity index (χ2v) is 18.8. The van der Waals surface area contributed by atoms with Gasteiger partial charge in [-0.05, 0) is 12.8 Å². The third-order valence-electron chi connectivity index (χ3n) is 13.0. The predicted molar refractivity (Wildman–Crippen MR) is 255 cm³/mol. The summed E-state index contributed by atoms with van der Waals surface area (Å²) in [5.41, 5.74) is 0. The first-order valence-corrected chi connectivity index (χ1v) is 26.8.